The van der Waals surface area contributed by atoms with Gasteiger partial charge in [0, 0.05) is 0 Å². The van der Waals surface area contributed by atoms with Crippen LogP contribution < -0.4 is 9.47 Å². The second-order valence-corrected chi connectivity index (χ2v) is 12.9. The summed E-state index contributed by atoms with van der Waals surface area (Å²) >= 11 is 0. The SMILES string of the molecule is CCCC(C)OCC(O)COc1ccc(C2(c3ccc(OCC(O)COC(=O)c4ccccc4O)cc3)c3ccccc3-c3ccccc32)cc1. The number of fused-ring (bicyclic) bond motifs is 3. The number of phenolic OH excluding ortho intramolecular Hbond substituents is 1. The first-order valence-electron chi connectivity index (χ1n) is 17.4. The first kappa shape index (κ1) is 35.7. The van der Waals surface area contributed by atoms with Crippen molar-refractivity contribution in [3.8, 4) is 28.4 Å². The van der Waals surface area contributed by atoms with Crippen LogP contribution in [0.5, 0.6) is 17.2 Å². The summed E-state index contributed by atoms with van der Waals surface area (Å²) in [5, 5.41) is 30.8. The van der Waals surface area contributed by atoms with Gasteiger partial charge in [0.25, 0.3) is 0 Å². The normalized spacial score (nSPS) is 14.5. The van der Waals surface area contributed by atoms with E-state index in [0.29, 0.717) is 11.5 Å². The molecule has 51 heavy (non-hydrogen) atoms. The summed E-state index contributed by atoms with van der Waals surface area (Å²) < 4.78 is 22.8. The zero-order valence-electron chi connectivity index (χ0n) is 28.9. The van der Waals surface area contributed by atoms with Gasteiger partial charge in [-0.15, -0.1) is 0 Å². The van der Waals surface area contributed by atoms with E-state index >= 15 is 0 Å². The molecule has 3 N–H and O–H groups in total. The maximum absolute atomic E-state index is 12.3. The number of para-hydroxylation sites is 1. The molecule has 1 aliphatic carbocycles. The minimum absolute atomic E-state index is 0.0316. The molecule has 1 aliphatic rings. The van der Waals surface area contributed by atoms with Crippen LogP contribution in [0.25, 0.3) is 11.1 Å². The van der Waals surface area contributed by atoms with E-state index in [1.165, 1.54) is 12.1 Å². The average Bonchev–Trinajstić information content (AvgIpc) is 3.46. The molecular formula is C43H44O8. The maximum atomic E-state index is 12.3. The van der Waals surface area contributed by atoms with E-state index < -0.39 is 23.6 Å². The number of esters is 1. The van der Waals surface area contributed by atoms with E-state index in [9.17, 15) is 20.1 Å². The molecule has 0 saturated heterocycles. The van der Waals surface area contributed by atoms with Crippen molar-refractivity contribution >= 4 is 5.97 Å². The molecule has 0 saturated carbocycles. The van der Waals surface area contributed by atoms with Crippen molar-refractivity contribution in [3.63, 3.8) is 0 Å². The number of rotatable bonds is 16. The average molecular weight is 689 g/mol. The predicted octanol–water partition coefficient (Wildman–Crippen LogP) is 7.30. The molecule has 6 rings (SSSR count). The predicted molar refractivity (Wildman–Crippen MR) is 195 cm³/mol. The van der Waals surface area contributed by atoms with E-state index in [1.54, 1.807) is 12.1 Å². The number of carbonyl (C=O) groups is 1. The van der Waals surface area contributed by atoms with Crippen molar-refractivity contribution in [2.75, 3.05) is 26.4 Å². The van der Waals surface area contributed by atoms with Gasteiger partial charge >= 0.3 is 5.97 Å². The van der Waals surface area contributed by atoms with E-state index in [0.717, 1.165) is 46.2 Å². The van der Waals surface area contributed by atoms with Crippen molar-refractivity contribution in [2.24, 2.45) is 0 Å². The van der Waals surface area contributed by atoms with Crippen molar-refractivity contribution in [1.29, 1.82) is 0 Å². The van der Waals surface area contributed by atoms with Crippen LogP contribution in [0.2, 0.25) is 0 Å². The molecule has 3 unspecified atom stereocenters. The van der Waals surface area contributed by atoms with Gasteiger partial charge in [-0.05, 0) is 83.1 Å². The lowest BCUT2D eigenvalue weighted by Gasteiger charge is -2.34. The largest absolute Gasteiger partial charge is 0.507 e. The first-order valence-corrected chi connectivity index (χ1v) is 17.4. The molecule has 264 valence electrons. The topological polar surface area (TPSA) is 115 Å². The number of benzene rings is 5. The monoisotopic (exact) mass is 688 g/mol. The van der Waals surface area contributed by atoms with Gasteiger partial charge in [0.2, 0.25) is 0 Å². The van der Waals surface area contributed by atoms with E-state index in [2.05, 4.69) is 67.6 Å². The Labute approximate surface area is 298 Å². The minimum atomic E-state index is -1.07. The summed E-state index contributed by atoms with van der Waals surface area (Å²) in [4.78, 5) is 12.3. The molecule has 0 spiro atoms. The Morgan fingerprint density at radius 3 is 1.67 bits per heavy atom. The highest BCUT2D eigenvalue weighted by Crippen LogP contribution is 2.56. The summed E-state index contributed by atoms with van der Waals surface area (Å²) in [6.07, 6.45) is 0.271. The van der Waals surface area contributed by atoms with Crippen LogP contribution in [-0.4, -0.2) is 66.0 Å². The maximum Gasteiger partial charge on any atom is 0.342 e. The van der Waals surface area contributed by atoms with E-state index in [1.807, 2.05) is 43.3 Å². The Hall–Kier alpha value is -5.15. The fourth-order valence-corrected chi connectivity index (χ4v) is 6.77. The fraction of sp³-hybridized carbons (Fsp3) is 0.279. The Bertz CT molecular complexity index is 1860. The van der Waals surface area contributed by atoms with Gasteiger partial charge in [0.15, 0.2) is 0 Å². The van der Waals surface area contributed by atoms with Crippen LogP contribution in [0, 0.1) is 0 Å². The van der Waals surface area contributed by atoms with Gasteiger partial charge in [-0.3, -0.25) is 0 Å². The molecule has 0 aliphatic heterocycles. The van der Waals surface area contributed by atoms with Crippen LogP contribution >= 0.6 is 0 Å². The van der Waals surface area contributed by atoms with Gasteiger partial charge in [-0.25, -0.2) is 4.79 Å². The molecule has 8 nitrogen and oxygen atoms in total. The zero-order chi connectivity index (χ0) is 35.8. The van der Waals surface area contributed by atoms with E-state index in [4.69, 9.17) is 18.9 Å². The number of aliphatic hydroxyl groups is 2. The quantitative estimate of drug-likeness (QED) is 0.0909. The summed E-state index contributed by atoms with van der Waals surface area (Å²) in [7, 11) is 0. The lowest BCUT2D eigenvalue weighted by molar-refractivity contribution is -0.0209. The highest BCUT2D eigenvalue weighted by atomic mass is 16.5. The summed E-state index contributed by atoms with van der Waals surface area (Å²) in [5.41, 5.74) is 6.12. The van der Waals surface area contributed by atoms with E-state index in [-0.39, 0.29) is 43.8 Å². The van der Waals surface area contributed by atoms with Crippen LogP contribution in [0.3, 0.4) is 0 Å². The molecule has 0 bridgehead atoms. The van der Waals surface area contributed by atoms with Gasteiger partial charge in [0.05, 0.1) is 18.1 Å². The molecule has 5 aromatic rings. The number of phenols is 1. The Morgan fingerprint density at radius 2 is 1.14 bits per heavy atom. The van der Waals surface area contributed by atoms with Crippen molar-refractivity contribution in [1.82, 2.24) is 0 Å². The third-order valence-corrected chi connectivity index (χ3v) is 9.21. The number of aliphatic hydroxyl groups excluding tert-OH is 2. The van der Waals surface area contributed by atoms with Crippen LogP contribution in [-0.2, 0) is 14.9 Å². The molecule has 3 atom stereocenters. The smallest absolute Gasteiger partial charge is 0.342 e. The Balaban J connectivity index is 1.20. The second-order valence-electron chi connectivity index (χ2n) is 12.9. The van der Waals surface area contributed by atoms with Crippen molar-refractivity contribution < 1.29 is 39.1 Å². The van der Waals surface area contributed by atoms with Crippen LogP contribution in [0.4, 0.5) is 0 Å². The second kappa shape index (κ2) is 16.2. The van der Waals surface area contributed by atoms with Gasteiger partial charge in [-0.1, -0.05) is 98.3 Å². The number of ether oxygens (including phenoxy) is 4. The molecule has 8 heteroatoms. The summed E-state index contributed by atoms with van der Waals surface area (Å²) in [5.74, 6) is 0.298. The third kappa shape index (κ3) is 7.78. The number of hydrogen-bond acceptors (Lipinski definition) is 8. The molecule has 0 radical (unpaired) electrons. The standard InChI is InChI=1S/C43H44O8/c1-3-10-29(2)48-25-32(44)26-49-34-21-17-30(18-22-34)43(39-14-7-4-11-36(39)37-12-5-8-15-40(37)43)31-19-23-35(24-20-31)50-27-33(45)28-51-42(47)38-13-6-9-16-41(38)46/h4-9,11-24,29,32-33,44-46H,3,10,25-28H2,1-2H3. The minimum Gasteiger partial charge on any atom is -0.507 e. The van der Waals surface area contributed by atoms with Crippen LogP contribution in [0.1, 0.15) is 59.3 Å². The highest BCUT2D eigenvalue weighted by molar-refractivity contribution is 5.92. The first-order chi connectivity index (χ1) is 24.8. The van der Waals surface area contributed by atoms with Crippen LogP contribution in [0.15, 0.2) is 121 Å². The van der Waals surface area contributed by atoms with Crippen molar-refractivity contribution in [2.45, 2.75) is 50.4 Å². The molecule has 5 aromatic carbocycles. The summed E-state index contributed by atoms with van der Waals surface area (Å²) in [6.45, 7) is 4.10. The molecule has 0 heterocycles. The molecule has 0 fully saturated rings. The molecular weight excluding hydrogens is 644 g/mol. The van der Waals surface area contributed by atoms with Gasteiger partial charge in [0.1, 0.15) is 54.8 Å². The number of aromatic hydroxyl groups is 1. The number of hydrogen-bond donors (Lipinski definition) is 3. The van der Waals surface area contributed by atoms with Gasteiger partial charge < -0.3 is 34.3 Å². The third-order valence-electron chi connectivity index (χ3n) is 9.21. The fourth-order valence-electron chi connectivity index (χ4n) is 6.77. The lowest BCUT2D eigenvalue weighted by atomic mass is 9.68. The van der Waals surface area contributed by atoms with Crippen molar-refractivity contribution in [3.05, 3.63) is 149 Å². The van der Waals surface area contributed by atoms with Gasteiger partial charge in [-0.2, -0.15) is 0 Å². The Kier molecular flexibility index (Phi) is 11.4. The molecule has 0 amide bonds. The number of carbonyl (C=O) groups excluding carboxylic acids is 1. The molecule has 0 aromatic heterocycles. The lowest BCUT2D eigenvalue weighted by Crippen LogP contribution is -2.29. The highest BCUT2D eigenvalue weighted by Gasteiger charge is 2.45. The summed E-state index contributed by atoms with van der Waals surface area (Å²) in [6, 6.07) is 38.9. The zero-order valence-corrected chi connectivity index (χ0v) is 28.9. The Morgan fingerprint density at radius 1 is 0.647 bits per heavy atom.